The molecule has 3 nitrogen and oxygen atoms in total. The molecule has 1 heterocycles. The average Bonchev–Trinajstić information content (AvgIpc) is 3.20. The first-order valence-corrected chi connectivity index (χ1v) is 10.4. The summed E-state index contributed by atoms with van der Waals surface area (Å²) in [7, 11) is -3.47. The second-order valence-electron chi connectivity index (χ2n) is 6.78. The third kappa shape index (κ3) is 3.59. The van der Waals surface area contributed by atoms with Gasteiger partial charge in [-0.3, -0.25) is 0 Å². The van der Waals surface area contributed by atoms with Crippen LogP contribution in [-0.4, -0.2) is 25.8 Å². The van der Waals surface area contributed by atoms with Crippen LogP contribution in [0.25, 0.3) is 16.7 Å². The van der Waals surface area contributed by atoms with Crippen molar-refractivity contribution in [3.8, 4) is 11.1 Å². The molecule has 136 valence electrons. The largest absolute Gasteiger partial charge is 0.243 e. The molecule has 0 aliphatic carbocycles. The van der Waals surface area contributed by atoms with E-state index in [1.165, 1.54) is 9.87 Å². The molecule has 0 radical (unpaired) electrons. The average molecular weight is 375 g/mol. The Morgan fingerprint density at radius 3 is 2.00 bits per heavy atom. The monoisotopic (exact) mass is 375 g/mol. The number of nitrogens with zero attached hydrogens (tertiary/aromatic N) is 1. The molecule has 0 aromatic heterocycles. The molecule has 0 fully saturated rings. The van der Waals surface area contributed by atoms with E-state index < -0.39 is 10.0 Å². The highest BCUT2D eigenvalue weighted by Gasteiger charge is 2.28. The fraction of sp³-hybridized carbons (Fsp3) is 0.130. The summed E-state index contributed by atoms with van der Waals surface area (Å²) in [4.78, 5) is 0.349. The van der Waals surface area contributed by atoms with Crippen molar-refractivity contribution in [2.45, 2.75) is 11.8 Å². The Labute approximate surface area is 160 Å². The van der Waals surface area contributed by atoms with Gasteiger partial charge in [0.25, 0.3) is 0 Å². The summed E-state index contributed by atoms with van der Waals surface area (Å²) in [5.41, 5.74) is 5.49. The van der Waals surface area contributed by atoms with Gasteiger partial charge >= 0.3 is 0 Å². The van der Waals surface area contributed by atoms with Gasteiger partial charge in [0.05, 0.1) is 4.90 Å². The Bertz CT molecular complexity index is 1070. The second kappa shape index (κ2) is 7.14. The first kappa shape index (κ1) is 17.7. The molecule has 0 bridgehead atoms. The SMILES string of the molecule is Cc1ccc(S(=O)(=O)N2CC=C(c3ccc(-c4ccccc4)cc3)C2)cc1. The predicted molar refractivity (Wildman–Crippen MR) is 110 cm³/mol. The summed E-state index contributed by atoms with van der Waals surface area (Å²) in [5, 5.41) is 0. The minimum Gasteiger partial charge on any atom is -0.207 e. The third-order valence-corrected chi connectivity index (χ3v) is 6.74. The minimum absolute atomic E-state index is 0.349. The van der Waals surface area contributed by atoms with Crippen molar-refractivity contribution >= 4 is 15.6 Å². The molecule has 0 spiro atoms. The van der Waals surface area contributed by atoms with Gasteiger partial charge in [-0.1, -0.05) is 78.4 Å². The normalized spacial score (nSPS) is 14.9. The lowest BCUT2D eigenvalue weighted by atomic mass is 10.0. The Hall–Kier alpha value is -2.69. The molecule has 1 aliphatic rings. The van der Waals surface area contributed by atoms with Crippen LogP contribution >= 0.6 is 0 Å². The Kier molecular flexibility index (Phi) is 4.68. The van der Waals surface area contributed by atoms with Crippen LogP contribution in [0.2, 0.25) is 0 Å². The van der Waals surface area contributed by atoms with E-state index in [9.17, 15) is 8.42 Å². The van der Waals surface area contributed by atoms with Gasteiger partial charge in [0.1, 0.15) is 0 Å². The molecule has 3 aromatic carbocycles. The molecule has 4 heteroatoms. The van der Waals surface area contributed by atoms with E-state index in [-0.39, 0.29) is 0 Å². The molecule has 0 unspecified atom stereocenters. The maximum absolute atomic E-state index is 12.9. The van der Waals surface area contributed by atoms with Crippen molar-refractivity contribution in [1.82, 2.24) is 4.31 Å². The molecule has 1 aliphatic heterocycles. The van der Waals surface area contributed by atoms with Gasteiger partial charge in [-0.05, 0) is 41.3 Å². The standard InChI is InChI=1S/C23H21NO2S/c1-18-7-13-23(14-8-18)27(25,26)24-16-15-22(17-24)21-11-9-20(10-12-21)19-5-3-2-4-6-19/h2-15H,16-17H2,1H3. The topological polar surface area (TPSA) is 37.4 Å². The molecule has 4 rings (SSSR count). The van der Waals surface area contributed by atoms with Crippen LogP contribution in [-0.2, 0) is 10.0 Å². The summed E-state index contributed by atoms with van der Waals surface area (Å²) >= 11 is 0. The van der Waals surface area contributed by atoms with Gasteiger partial charge in [-0.25, -0.2) is 8.42 Å². The number of benzene rings is 3. The zero-order valence-corrected chi connectivity index (χ0v) is 16.0. The lowest BCUT2D eigenvalue weighted by Crippen LogP contribution is -2.29. The number of aryl methyl sites for hydroxylation is 1. The van der Waals surface area contributed by atoms with Crippen LogP contribution in [0, 0.1) is 6.92 Å². The van der Waals surface area contributed by atoms with E-state index in [0.29, 0.717) is 18.0 Å². The van der Waals surface area contributed by atoms with Gasteiger partial charge < -0.3 is 0 Å². The van der Waals surface area contributed by atoms with Crippen LogP contribution in [0.1, 0.15) is 11.1 Å². The highest BCUT2D eigenvalue weighted by atomic mass is 32.2. The van der Waals surface area contributed by atoms with Crippen molar-refractivity contribution in [3.63, 3.8) is 0 Å². The molecule has 0 amide bonds. The molecule has 0 saturated heterocycles. The Balaban J connectivity index is 1.51. The fourth-order valence-electron chi connectivity index (χ4n) is 3.29. The lowest BCUT2D eigenvalue weighted by molar-refractivity contribution is 0.490. The van der Waals surface area contributed by atoms with Crippen LogP contribution in [0.3, 0.4) is 0 Å². The Morgan fingerprint density at radius 2 is 1.33 bits per heavy atom. The minimum atomic E-state index is -3.47. The summed E-state index contributed by atoms with van der Waals surface area (Å²) < 4.78 is 27.2. The van der Waals surface area contributed by atoms with E-state index in [4.69, 9.17) is 0 Å². The number of rotatable bonds is 4. The number of hydrogen-bond donors (Lipinski definition) is 0. The van der Waals surface area contributed by atoms with Gasteiger partial charge in [0.15, 0.2) is 0 Å². The van der Waals surface area contributed by atoms with Crippen molar-refractivity contribution in [1.29, 1.82) is 0 Å². The van der Waals surface area contributed by atoms with Crippen molar-refractivity contribution in [2.24, 2.45) is 0 Å². The Morgan fingerprint density at radius 1 is 0.741 bits per heavy atom. The van der Waals surface area contributed by atoms with E-state index in [2.05, 4.69) is 36.4 Å². The summed E-state index contributed by atoms with van der Waals surface area (Å²) in [6.45, 7) is 2.76. The molecular weight excluding hydrogens is 354 g/mol. The summed E-state index contributed by atoms with van der Waals surface area (Å²) in [6, 6.07) is 25.5. The molecule has 0 atom stereocenters. The quantitative estimate of drug-likeness (QED) is 0.660. The zero-order chi connectivity index (χ0) is 18.9. The summed E-state index contributed by atoms with van der Waals surface area (Å²) in [6.07, 6.45) is 2.00. The van der Waals surface area contributed by atoms with E-state index in [1.54, 1.807) is 12.1 Å². The van der Waals surface area contributed by atoms with Crippen molar-refractivity contribution in [3.05, 3.63) is 96.1 Å². The first-order chi connectivity index (χ1) is 13.0. The number of sulfonamides is 1. The van der Waals surface area contributed by atoms with E-state index in [1.807, 2.05) is 43.3 Å². The van der Waals surface area contributed by atoms with Gasteiger partial charge in [0, 0.05) is 13.1 Å². The van der Waals surface area contributed by atoms with Crippen molar-refractivity contribution < 1.29 is 8.42 Å². The molecule has 3 aromatic rings. The van der Waals surface area contributed by atoms with Crippen LogP contribution < -0.4 is 0 Å². The smallest absolute Gasteiger partial charge is 0.207 e. The van der Waals surface area contributed by atoms with E-state index in [0.717, 1.165) is 22.3 Å². The molecule has 0 saturated carbocycles. The maximum atomic E-state index is 12.9. The highest BCUT2D eigenvalue weighted by Crippen LogP contribution is 2.28. The van der Waals surface area contributed by atoms with Crippen molar-refractivity contribution in [2.75, 3.05) is 13.1 Å². The highest BCUT2D eigenvalue weighted by molar-refractivity contribution is 7.89. The van der Waals surface area contributed by atoms with Crippen LogP contribution in [0.5, 0.6) is 0 Å². The maximum Gasteiger partial charge on any atom is 0.243 e. The van der Waals surface area contributed by atoms with Crippen LogP contribution in [0.15, 0.2) is 89.8 Å². The number of hydrogen-bond acceptors (Lipinski definition) is 2. The van der Waals surface area contributed by atoms with Gasteiger partial charge in [0.2, 0.25) is 10.0 Å². The zero-order valence-electron chi connectivity index (χ0n) is 15.2. The fourth-order valence-corrected chi connectivity index (χ4v) is 4.65. The first-order valence-electron chi connectivity index (χ1n) is 8.96. The lowest BCUT2D eigenvalue weighted by Gasteiger charge is -2.17. The predicted octanol–water partition coefficient (Wildman–Crippen LogP) is 4.75. The second-order valence-corrected chi connectivity index (χ2v) is 8.72. The molecule has 27 heavy (non-hydrogen) atoms. The van der Waals surface area contributed by atoms with Crippen LogP contribution in [0.4, 0.5) is 0 Å². The molecular formula is C23H21NO2S. The third-order valence-electron chi connectivity index (χ3n) is 4.91. The van der Waals surface area contributed by atoms with E-state index >= 15 is 0 Å². The molecule has 0 N–H and O–H groups in total. The van der Waals surface area contributed by atoms with Gasteiger partial charge in [-0.15, -0.1) is 0 Å². The van der Waals surface area contributed by atoms with Gasteiger partial charge in [-0.2, -0.15) is 4.31 Å². The summed E-state index contributed by atoms with van der Waals surface area (Å²) in [5.74, 6) is 0.